The third kappa shape index (κ3) is 6.54. The van der Waals surface area contributed by atoms with Gasteiger partial charge in [0.2, 0.25) is 0 Å². The fraction of sp³-hybridized carbons (Fsp3) is 0.429. The second kappa shape index (κ2) is 11.7. The van der Waals surface area contributed by atoms with Crippen LogP contribution in [0.25, 0.3) is 0 Å². The average molecular weight is 496 g/mol. The highest BCUT2D eigenvalue weighted by atomic mass is 127. The number of hydrogen-bond donors (Lipinski definition) is 2. The van der Waals surface area contributed by atoms with Gasteiger partial charge in [-0.2, -0.15) is 0 Å². The van der Waals surface area contributed by atoms with Gasteiger partial charge in [-0.05, 0) is 50.8 Å². The predicted octanol–water partition coefficient (Wildman–Crippen LogP) is 4.28. The van der Waals surface area contributed by atoms with Crippen molar-refractivity contribution in [1.82, 2.24) is 10.2 Å². The van der Waals surface area contributed by atoms with Gasteiger partial charge in [-0.15, -0.1) is 24.0 Å². The number of para-hydroxylation sites is 1. The predicted molar refractivity (Wildman–Crippen MR) is 124 cm³/mol. The third-order valence-electron chi connectivity index (χ3n) is 4.64. The molecule has 0 saturated carbocycles. The first kappa shape index (κ1) is 22.3. The first-order valence-electron chi connectivity index (χ1n) is 9.68. The zero-order chi connectivity index (χ0) is 18.9. The first-order valence-corrected chi connectivity index (χ1v) is 9.68. The maximum Gasteiger partial charge on any atom is 0.287 e. The molecule has 1 saturated heterocycles. The van der Waals surface area contributed by atoms with Gasteiger partial charge in [-0.1, -0.05) is 18.2 Å². The van der Waals surface area contributed by atoms with E-state index in [0.717, 1.165) is 36.7 Å². The molecular weight excluding hydrogens is 467 g/mol. The lowest BCUT2D eigenvalue weighted by Crippen LogP contribution is -2.40. The van der Waals surface area contributed by atoms with Crippen molar-refractivity contribution in [3.63, 3.8) is 0 Å². The molecule has 0 unspecified atom stereocenters. The van der Waals surface area contributed by atoms with E-state index in [0.29, 0.717) is 18.8 Å². The Morgan fingerprint density at radius 1 is 1.14 bits per heavy atom. The molecule has 0 bridgehead atoms. The summed E-state index contributed by atoms with van der Waals surface area (Å²) in [7, 11) is 0. The molecule has 6 nitrogen and oxygen atoms in total. The summed E-state index contributed by atoms with van der Waals surface area (Å²) in [6.45, 7) is 5.16. The number of carbonyl (C=O) groups excluding carboxylic acids is 1. The molecule has 3 rings (SSSR count). The van der Waals surface area contributed by atoms with E-state index in [1.165, 1.54) is 25.5 Å². The maximum atomic E-state index is 12.1. The summed E-state index contributed by atoms with van der Waals surface area (Å²) in [6.07, 6.45) is 6.00. The smallest absolute Gasteiger partial charge is 0.287 e. The summed E-state index contributed by atoms with van der Waals surface area (Å²) < 4.78 is 5.21. The van der Waals surface area contributed by atoms with Gasteiger partial charge in [0.05, 0.1) is 6.26 Å². The molecule has 1 aromatic heterocycles. The molecule has 0 radical (unpaired) electrons. The van der Waals surface area contributed by atoms with Crippen LogP contribution in [0.1, 0.15) is 41.8 Å². The number of hydrogen-bond acceptors (Lipinski definition) is 3. The molecule has 0 aliphatic carbocycles. The van der Waals surface area contributed by atoms with Crippen LogP contribution < -0.4 is 10.6 Å². The number of piperidine rings is 1. The first-order chi connectivity index (χ1) is 13.2. The fourth-order valence-electron chi connectivity index (χ4n) is 3.13. The highest BCUT2D eigenvalue weighted by Gasteiger charge is 2.15. The van der Waals surface area contributed by atoms with Gasteiger partial charge in [0.1, 0.15) is 0 Å². The van der Waals surface area contributed by atoms with Gasteiger partial charge in [-0.25, -0.2) is 0 Å². The lowest BCUT2D eigenvalue weighted by atomic mass is 10.1. The van der Waals surface area contributed by atoms with E-state index in [9.17, 15) is 4.79 Å². The van der Waals surface area contributed by atoms with E-state index in [1.54, 1.807) is 6.07 Å². The minimum absolute atomic E-state index is 0. The Bertz CT molecular complexity index is 755. The topological polar surface area (TPSA) is 69.9 Å². The summed E-state index contributed by atoms with van der Waals surface area (Å²) in [4.78, 5) is 19.1. The van der Waals surface area contributed by atoms with Crippen molar-refractivity contribution in [2.75, 3.05) is 31.5 Å². The number of furan rings is 1. The van der Waals surface area contributed by atoms with E-state index in [1.807, 2.05) is 37.3 Å². The molecule has 1 aromatic carbocycles. The number of rotatable bonds is 6. The molecule has 2 heterocycles. The Labute approximate surface area is 183 Å². The lowest BCUT2D eigenvalue weighted by molar-refractivity contribution is 0.0925. The number of nitrogens with one attached hydrogen (secondary N) is 2. The summed E-state index contributed by atoms with van der Waals surface area (Å²) in [5.74, 6) is 1.15. The van der Waals surface area contributed by atoms with E-state index < -0.39 is 0 Å². The van der Waals surface area contributed by atoms with Crippen molar-refractivity contribution < 1.29 is 9.21 Å². The third-order valence-corrected chi connectivity index (χ3v) is 4.64. The summed E-state index contributed by atoms with van der Waals surface area (Å²) >= 11 is 0. The number of likely N-dealkylation sites (tertiary alicyclic amines) is 1. The standard InChI is InChI=1S/C21H28N4O2.HI/c1-17-11-16-27-19(17)20(26)22-12-8-13-23-21(25-14-6-3-7-15-25)24-18-9-4-2-5-10-18;/h2,4-5,9-11,16H,3,6-8,12-15H2,1H3,(H,22,26)(H,23,24);1H. The van der Waals surface area contributed by atoms with Gasteiger partial charge in [0.15, 0.2) is 11.7 Å². The number of aryl methyl sites for hydroxylation is 1. The molecule has 7 heteroatoms. The van der Waals surface area contributed by atoms with E-state index in [4.69, 9.17) is 9.41 Å². The second-order valence-corrected chi connectivity index (χ2v) is 6.79. The number of aliphatic imine (C=N–C) groups is 1. The second-order valence-electron chi connectivity index (χ2n) is 6.79. The summed E-state index contributed by atoms with van der Waals surface area (Å²) in [5, 5.41) is 6.34. The van der Waals surface area contributed by atoms with Crippen LogP contribution in [0, 0.1) is 6.92 Å². The van der Waals surface area contributed by atoms with Crippen molar-refractivity contribution in [1.29, 1.82) is 0 Å². The Balaban J connectivity index is 0.00000280. The number of nitrogens with zero attached hydrogens (tertiary/aromatic N) is 2. The highest BCUT2D eigenvalue weighted by Crippen LogP contribution is 2.13. The molecule has 2 aromatic rings. The lowest BCUT2D eigenvalue weighted by Gasteiger charge is -2.30. The van der Waals surface area contributed by atoms with E-state index in [2.05, 4.69) is 15.5 Å². The van der Waals surface area contributed by atoms with Crippen LogP contribution in [0.15, 0.2) is 52.1 Å². The molecular formula is C21H29IN4O2. The molecule has 1 aliphatic heterocycles. The molecule has 152 valence electrons. The van der Waals surface area contributed by atoms with Gasteiger partial charge >= 0.3 is 0 Å². The van der Waals surface area contributed by atoms with Crippen LogP contribution in [-0.2, 0) is 0 Å². The molecule has 1 aliphatic rings. The Morgan fingerprint density at radius 3 is 2.57 bits per heavy atom. The largest absolute Gasteiger partial charge is 0.459 e. The summed E-state index contributed by atoms with van der Waals surface area (Å²) in [6, 6.07) is 11.9. The van der Waals surface area contributed by atoms with Gasteiger partial charge in [0, 0.05) is 37.4 Å². The number of amides is 1. The number of carbonyl (C=O) groups is 1. The van der Waals surface area contributed by atoms with Crippen LogP contribution in [0.2, 0.25) is 0 Å². The monoisotopic (exact) mass is 496 g/mol. The number of anilines is 1. The highest BCUT2D eigenvalue weighted by molar-refractivity contribution is 14.0. The van der Waals surface area contributed by atoms with Gasteiger partial charge < -0.3 is 20.0 Å². The Morgan fingerprint density at radius 2 is 1.89 bits per heavy atom. The van der Waals surface area contributed by atoms with Crippen molar-refractivity contribution >= 4 is 41.5 Å². The molecule has 0 spiro atoms. The van der Waals surface area contributed by atoms with Crippen LogP contribution >= 0.6 is 24.0 Å². The van der Waals surface area contributed by atoms with Crippen molar-refractivity contribution in [3.8, 4) is 0 Å². The maximum absolute atomic E-state index is 12.1. The van der Waals surface area contributed by atoms with Crippen molar-refractivity contribution in [2.24, 2.45) is 4.99 Å². The fourth-order valence-corrected chi connectivity index (χ4v) is 3.13. The van der Waals surface area contributed by atoms with Gasteiger partial charge in [0.25, 0.3) is 5.91 Å². The molecule has 2 N–H and O–H groups in total. The summed E-state index contributed by atoms with van der Waals surface area (Å²) in [5.41, 5.74) is 1.90. The van der Waals surface area contributed by atoms with Crippen LogP contribution in [0.4, 0.5) is 5.69 Å². The van der Waals surface area contributed by atoms with Crippen molar-refractivity contribution in [3.05, 3.63) is 54.0 Å². The number of benzene rings is 1. The Hall–Kier alpha value is -2.03. The quantitative estimate of drug-likeness (QED) is 0.271. The van der Waals surface area contributed by atoms with E-state index in [-0.39, 0.29) is 29.9 Å². The zero-order valence-electron chi connectivity index (χ0n) is 16.3. The van der Waals surface area contributed by atoms with Crippen LogP contribution in [0.3, 0.4) is 0 Å². The zero-order valence-corrected chi connectivity index (χ0v) is 18.6. The molecule has 0 atom stereocenters. The molecule has 1 amide bonds. The van der Waals surface area contributed by atoms with Crippen LogP contribution in [0.5, 0.6) is 0 Å². The average Bonchev–Trinajstić information content (AvgIpc) is 3.14. The minimum atomic E-state index is -0.167. The normalized spacial score (nSPS) is 14.3. The molecule has 28 heavy (non-hydrogen) atoms. The number of guanidine groups is 1. The van der Waals surface area contributed by atoms with Gasteiger partial charge in [-0.3, -0.25) is 9.79 Å². The van der Waals surface area contributed by atoms with E-state index >= 15 is 0 Å². The SMILES string of the molecule is Cc1ccoc1C(=O)NCCCN=C(Nc1ccccc1)N1CCCCC1.I. The van der Waals surface area contributed by atoms with Crippen LogP contribution in [-0.4, -0.2) is 42.9 Å². The Kier molecular flexibility index (Phi) is 9.33. The van der Waals surface area contributed by atoms with Crippen molar-refractivity contribution in [2.45, 2.75) is 32.6 Å². The number of halogens is 1. The molecule has 1 fully saturated rings. The minimum Gasteiger partial charge on any atom is -0.459 e.